The van der Waals surface area contributed by atoms with Gasteiger partial charge in [-0.1, -0.05) is 149 Å². The second-order valence-corrected chi connectivity index (χ2v) is 14.5. The van der Waals surface area contributed by atoms with Crippen LogP contribution in [-0.4, -0.2) is 75.5 Å². The van der Waals surface area contributed by atoms with Crippen molar-refractivity contribution in [1.29, 1.82) is 0 Å². The molecule has 47 heavy (non-hydrogen) atoms. The van der Waals surface area contributed by atoms with Crippen LogP contribution in [0.15, 0.2) is 0 Å². The van der Waals surface area contributed by atoms with Gasteiger partial charge in [0.1, 0.15) is 12.6 Å². The lowest BCUT2D eigenvalue weighted by Gasteiger charge is -2.34. The number of nitrogens with zero attached hydrogens (tertiary/aromatic N) is 1. The summed E-state index contributed by atoms with van der Waals surface area (Å²) in [4.78, 5) is 36.6. The molecule has 0 bridgehead atoms. The highest BCUT2D eigenvalue weighted by Gasteiger charge is 2.25. The van der Waals surface area contributed by atoms with Crippen molar-refractivity contribution < 1.29 is 38.2 Å². The first kappa shape index (κ1) is 45.3. The van der Waals surface area contributed by atoms with Gasteiger partial charge in [0.05, 0.1) is 40.3 Å². The highest BCUT2D eigenvalue weighted by molar-refractivity contribution is 5.70. The molecule has 0 aliphatic rings. The predicted octanol–water partition coefficient (Wildman–Crippen LogP) is 8.47. The third kappa shape index (κ3) is 30.1. The van der Waals surface area contributed by atoms with E-state index in [0.717, 1.165) is 38.5 Å². The number of carbonyl (C=O) groups is 3. The molecule has 0 rings (SSSR count). The summed E-state index contributed by atoms with van der Waals surface area (Å²) in [6, 6.07) is -0.717. The van der Waals surface area contributed by atoms with Crippen molar-refractivity contribution in [3.05, 3.63) is 0 Å². The highest BCUT2D eigenvalue weighted by atomic mass is 16.6. The first-order valence-electron chi connectivity index (χ1n) is 19.6. The number of carboxylic acid groups (broad SMARTS) is 1. The molecule has 0 aliphatic carbocycles. The Morgan fingerprint density at radius 1 is 0.553 bits per heavy atom. The summed E-state index contributed by atoms with van der Waals surface area (Å²) in [5.74, 6) is -1.72. The molecule has 0 saturated carbocycles. The lowest BCUT2D eigenvalue weighted by atomic mass is 10.0. The average Bonchev–Trinajstić information content (AvgIpc) is 3.01. The SMILES string of the molecule is CCCCCCCCCCCCCCCC(=O)OCC(COCCC(C(=O)[O-])[N+](C)(C)C)OC(=O)CCCCCCCCCCCC. The van der Waals surface area contributed by atoms with Crippen LogP contribution in [-0.2, 0) is 28.6 Å². The van der Waals surface area contributed by atoms with E-state index in [1.807, 2.05) is 0 Å². The van der Waals surface area contributed by atoms with Gasteiger partial charge in [0.2, 0.25) is 0 Å². The van der Waals surface area contributed by atoms with E-state index in [1.165, 1.54) is 109 Å². The molecule has 0 N–H and O–H groups in total. The van der Waals surface area contributed by atoms with E-state index < -0.39 is 18.1 Å². The molecule has 0 aliphatic heterocycles. The molecule has 0 fully saturated rings. The van der Waals surface area contributed by atoms with Crippen molar-refractivity contribution in [1.82, 2.24) is 0 Å². The van der Waals surface area contributed by atoms with Crippen molar-refractivity contribution >= 4 is 17.9 Å². The molecule has 8 nitrogen and oxygen atoms in total. The minimum Gasteiger partial charge on any atom is -0.544 e. The molecule has 8 heteroatoms. The van der Waals surface area contributed by atoms with Gasteiger partial charge in [0, 0.05) is 19.3 Å². The number of hydrogen-bond donors (Lipinski definition) is 0. The van der Waals surface area contributed by atoms with Crippen LogP contribution in [0.1, 0.15) is 181 Å². The van der Waals surface area contributed by atoms with Crippen LogP contribution in [0.4, 0.5) is 0 Å². The number of carbonyl (C=O) groups excluding carboxylic acids is 3. The number of esters is 2. The van der Waals surface area contributed by atoms with Gasteiger partial charge >= 0.3 is 11.9 Å². The maximum absolute atomic E-state index is 12.6. The third-order valence-electron chi connectivity index (χ3n) is 8.99. The fourth-order valence-corrected chi connectivity index (χ4v) is 5.89. The molecule has 0 spiro atoms. The number of hydrogen-bond acceptors (Lipinski definition) is 7. The fraction of sp³-hybridized carbons (Fsp3) is 0.923. The Bertz CT molecular complexity index is 752. The Balaban J connectivity index is 4.37. The predicted molar refractivity (Wildman–Crippen MR) is 190 cm³/mol. The second kappa shape index (κ2) is 31.6. The summed E-state index contributed by atoms with van der Waals surface area (Å²) in [7, 11) is 5.40. The van der Waals surface area contributed by atoms with E-state index in [0.29, 0.717) is 12.8 Å². The second-order valence-electron chi connectivity index (χ2n) is 14.5. The Labute approximate surface area is 289 Å². The lowest BCUT2D eigenvalue weighted by Crippen LogP contribution is -2.55. The molecule has 0 radical (unpaired) electrons. The molecular formula is C39H75NO7. The summed E-state index contributed by atoms with van der Waals surface area (Å²) in [6.07, 6.45) is 28.3. The van der Waals surface area contributed by atoms with Crippen molar-refractivity contribution in [2.24, 2.45) is 0 Å². The molecule has 0 heterocycles. The number of unbranched alkanes of at least 4 members (excludes halogenated alkanes) is 21. The van der Waals surface area contributed by atoms with E-state index in [4.69, 9.17) is 14.2 Å². The van der Waals surface area contributed by atoms with E-state index in [2.05, 4.69) is 13.8 Å². The molecule has 0 amide bonds. The Morgan fingerprint density at radius 3 is 1.32 bits per heavy atom. The molecule has 2 atom stereocenters. The topological polar surface area (TPSA) is 102 Å². The third-order valence-corrected chi connectivity index (χ3v) is 8.99. The van der Waals surface area contributed by atoms with Gasteiger partial charge in [0.25, 0.3) is 0 Å². The van der Waals surface area contributed by atoms with Crippen LogP contribution < -0.4 is 5.11 Å². The van der Waals surface area contributed by atoms with Gasteiger partial charge in [-0.25, -0.2) is 0 Å². The van der Waals surface area contributed by atoms with E-state index in [-0.39, 0.29) is 42.7 Å². The van der Waals surface area contributed by atoms with E-state index in [1.54, 1.807) is 21.1 Å². The molecule has 0 aromatic rings. The number of aliphatic carboxylic acids is 1. The quantitative estimate of drug-likeness (QED) is 0.0379. The lowest BCUT2D eigenvalue weighted by molar-refractivity contribution is -0.889. The zero-order chi connectivity index (χ0) is 35.0. The van der Waals surface area contributed by atoms with Crippen LogP contribution >= 0.6 is 0 Å². The van der Waals surface area contributed by atoms with Crippen LogP contribution in [0.3, 0.4) is 0 Å². The molecular weight excluding hydrogens is 594 g/mol. The van der Waals surface area contributed by atoms with Crippen molar-refractivity contribution in [2.45, 2.75) is 193 Å². The van der Waals surface area contributed by atoms with Gasteiger partial charge in [0.15, 0.2) is 6.10 Å². The zero-order valence-corrected chi connectivity index (χ0v) is 31.5. The van der Waals surface area contributed by atoms with Gasteiger partial charge < -0.3 is 28.6 Å². The number of likely N-dealkylation sites (N-methyl/N-ethyl adjacent to an activating group) is 1. The Hall–Kier alpha value is -1.67. The molecule has 0 aromatic carbocycles. The number of quaternary nitrogens is 1. The number of rotatable bonds is 35. The van der Waals surface area contributed by atoms with Gasteiger partial charge in [-0.3, -0.25) is 9.59 Å². The average molecular weight is 670 g/mol. The molecule has 0 saturated heterocycles. The van der Waals surface area contributed by atoms with Crippen molar-refractivity contribution in [3.63, 3.8) is 0 Å². The summed E-state index contributed by atoms with van der Waals surface area (Å²) < 4.78 is 17.1. The van der Waals surface area contributed by atoms with Crippen molar-refractivity contribution in [2.75, 3.05) is 41.0 Å². The normalized spacial score (nSPS) is 13.0. The monoisotopic (exact) mass is 670 g/mol. The summed E-state index contributed by atoms with van der Waals surface area (Å²) >= 11 is 0. The van der Waals surface area contributed by atoms with Crippen LogP contribution in [0.25, 0.3) is 0 Å². The van der Waals surface area contributed by atoms with E-state index >= 15 is 0 Å². The molecule has 0 aromatic heterocycles. The van der Waals surface area contributed by atoms with Gasteiger partial charge in [-0.15, -0.1) is 0 Å². The summed E-state index contributed by atoms with van der Waals surface area (Å²) in [6.45, 7) is 4.65. The number of ether oxygens (including phenoxy) is 3. The molecule has 278 valence electrons. The summed E-state index contributed by atoms with van der Waals surface area (Å²) in [5, 5.41) is 11.6. The Kier molecular flexibility index (Phi) is 30.5. The standard InChI is InChI=1S/C39H75NO7/c1-6-8-10-12-14-16-18-19-20-22-23-25-27-29-37(41)46-34-35(33-45-32-31-36(39(43)44)40(3,4)5)47-38(42)30-28-26-24-21-17-15-13-11-9-7-2/h35-36H,6-34H2,1-5H3. The van der Waals surface area contributed by atoms with Crippen LogP contribution in [0.2, 0.25) is 0 Å². The first-order valence-corrected chi connectivity index (χ1v) is 19.6. The van der Waals surface area contributed by atoms with Crippen LogP contribution in [0, 0.1) is 0 Å². The largest absolute Gasteiger partial charge is 0.544 e. The van der Waals surface area contributed by atoms with Gasteiger partial charge in [-0.2, -0.15) is 0 Å². The smallest absolute Gasteiger partial charge is 0.306 e. The summed E-state index contributed by atoms with van der Waals surface area (Å²) in [5.41, 5.74) is 0. The Morgan fingerprint density at radius 2 is 0.936 bits per heavy atom. The first-order chi connectivity index (χ1) is 22.6. The number of carboxylic acids is 1. The van der Waals surface area contributed by atoms with E-state index in [9.17, 15) is 19.5 Å². The maximum atomic E-state index is 12.6. The minimum atomic E-state index is -1.12. The molecule has 2 unspecified atom stereocenters. The van der Waals surface area contributed by atoms with Crippen molar-refractivity contribution in [3.8, 4) is 0 Å². The maximum Gasteiger partial charge on any atom is 0.306 e. The van der Waals surface area contributed by atoms with Gasteiger partial charge in [-0.05, 0) is 12.8 Å². The van der Waals surface area contributed by atoms with Crippen LogP contribution in [0.5, 0.6) is 0 Å². The fourth-order valence-electron chi connectivity index (χ4n) is 5.89. The highest BCUT2D eigenvalue weighted by Crippen LogP contribution is 2.15. The minimum absolute atomic E-state index is 0.0483. The zero-order valence-electron chi connectivity index (χ0n) is 31.5.